The monoisotopic (exact) mass is 312 g/mol. The molecule has 2 aromatic carbocycles. The van der Waals surface area contributed by atoms with Gasteiger partial charge < -0.3 is 14.4 Å². The summed E-state index contributed by atoms with van der Waals surface area (Å²) in [6.45, 7) is 4.14. The van der Waals surface area contributed by atoms with E-state index in [-0.39, 0.29) is 0 Å². The maximum Gasteiger partial charge on any atom is 0.231 e. The van der Waals surface area contributed by atoms with Crippen LogP contribution in [0.15, 0.2) is 48.5 Å². The van der Waals surface area contributed by atoms with Gasteiger partial charge in [-0.05, 0) is 25.7 Å². The summed E-state index contributed by atoms with van der Waals surface area (Å²) >= 11 is 0. The minimum Gasteiger partial charge on any atom is -0.454 e. The van der Waals surface area contributed by atoms with Crippen molar-refractivity contribution in [1.82, 2.24) is 9.80 Å². The lowest BCUT2D eigenvalue weighted by Gasteiger charge is -2.24. The average molecular weight is 312 g/mol. The molecule has 2 aromatic rings. The second-order valence-electron chi connectivity index (χ2n) is 6.15. The third-order valence-electron chi connectivity index (χ3n) is 3.98. The molecule has 0 unspecified atom stereocenters. The van der Waals surface area contributed by atoms with Crippen LogP contribution in [0.1, 0.15) is 11.1 Å². The number of para-hydroxylation sites is 1. The molecule has 1 aliphatic rings. The summed E-state index contributed by atoms with van der Waals surface area (Å²) < 4.78 is 11.1. The highest BCUT2D eigenvalue weighted by atomic mass is 16.7. The standard InChI is InChI=1S/C19H24N2O2/c1-20(2)11-12-21(13-16-7-4-3-5-8-16)14-17-9-6-10-18-19(17)23-15-22-18/h3-10H,11-15H2,1-2H3. The van der Waals surface area contributed by atoms with Crippen molar-refractivity contribution in [3.63, 3.8) is 0 Å². The van der Waals surface area contributed by atoms with E-state index in [1.165, 1.54) is 11.1 Å². The van der Waals surface area contributed by atoms with E-state index in [0.29, 0.717) is 6.79 Å². The Kier molecular flexibility index (Phi) is 5.16. The van der Waals surface area contributed by atoms with Gasteiger partial charge in [0.05, 0.1) is 0 Å². The summed E-state index contributed by atoms with van der Waals surface area (Å²) in [4.78, 5) is 4.67. The number of likely N-dealkylation sites (N-methyl/N-ethyl adjacent to an activating group) is 1. The molecule has 4 nitrogen and oxygen atoms in total. The van der Waals surface area contributed by atoms with E-state index in [0.717, 1.165) is 37.7 Å². The molecule has 0 aliphatic carbocycles. The number of benzene rings is 2. The van der Waals surface area contributed by atoms with Gasteiger partial charge in [-0.2, -0.15) is 0 Å². The van der Waals surface area contributed by atoms with Crippen LogP contribution in [0.2, 0.25) is 0 Å². The van der Waals surface area contributed by atoms with Crippen molar-refractivity contribution in [2.75, 3.05) is 34.0 Å². The molecule has 0 spiro atoms. The molecule has 122 valence electrons. The quantitative estimate of drug-likeness (QED) is 0.785. The molecule has 1 heterocycles. The van der Waals surface area contributed by atoms with Crippen LogP contribution in [-0.2, 0) is 13.1 Å². The Morgan fingerprint density at radius 1 is 0.870 bits per heavy atom. The molecule has 0 fully saturated rings. The van der Waals surface area contributed by atoms with Gasteiger partial charge in [0.25, 0.3) is 0 Å². The van der Waals surface area contributed by atoms with Crippen molar-refractivity contribution < 1.29 is 9.47 Å². The minimum atomic E-state index is 0.322. The topological polar surface area (TPSA) is 24.9 Å². The number of fused-ring (bicyclic) bond motifs is 1. The van der Waals surface area contributed by atoms with Gasteiger partial charge >= 0.3 is 0 Å². The lowest BCUT2D eigenvalue weighted by Crippen LogP contribution is -2.31. The summed E-state index contributed by atoms with van der Waals surface area (Å²) in [5.74, 6) is 1.75. The largest absolute Gasteiger partial charge is 0.454 e. The van der Waals surface area contributed by atoms with Gasteiger partial charge in [0.15, 0.2) is 11.5 Å². The van der Waals surface area contributed by atoms with Crippen molar-refractivity contribution in [3.05, 3.63) is 59.7 Å². The van der Waals surface area contributed by atoms with E-state index in [4.69, 9.17) is 9.47 Å². The van der Waals surface area contributed by atoms with E-state index < -0.39 is 0 Å². The third-order valence-corrected chi connectivity index (χ3v) is 3.98. The number of rotatable bonds is 7. The van der Waals surface area contributed by atoms with Gasteiger partial charge in [0.2, 0.25) is 6.79 Å². The van der Waals surface area contributed by atoms with Crippen molar-refractivity contribution in [3.8, 4) is 11.5 Å². The van der Waals surface area contributed by atoms with Crippen LogP contribution in [0.25, 0.3) is 0 Å². The zero-order valence-electron chi connectivity index (χ0n) is 13.9. The molecular weight excluding hydrogens is 288 g/mol. The SMILES string of the molecule is CN(C)CCN(Cc1ccccc1)Cc1cccc2c1OCO2. The molecule has 1 aliphatic heterocycles. The molecule has 0 bridgehead atoms. The van der Waals surface area contributed by atoms with E-state index in [9.17, 15) is 0 Å². The molecule has 0 amide bonds. The zero-order chi connectivity index (χ0) is 16.1. The summed E-state index contributed by atoms with van der Waals surface area (Å²) in [7, 11) is 4.22. The first kappa shape index (κ1) is 15.8. The number of hydrogen-bond donors (Lipinski definition) is 0. The zero-order valence-corrected chi connectivity index (χ0v) is 13.9. The van der Waals surface area contributed by atoms with Gasteiger partial charge in [-0.1, -0.05) is 42.5 Å². The molecule has 23 heavy (non-hydrogen) atoms. The van der Waals surface area contributed by atoms with Gasteiger partial charge in [-0.25, -0.2) is 0 Å². The second-order valence-corrected chi connectivity index (χ2v) is 6.15. The average Bonchev–Trinajstić information content (AvgIpc) is 3.03. The fraction of sp³-hybridized carbons (Fsp3) is 0.368. The van der Waals surface area contributed by atoms with Crippen molar-refractivity contribution in [2.24, 2.45) is 0 Å². The van der Waals surface area contributed by atoms with Crippen LogP contribution in [0.3, 0.4) is 0 Å². The first-order chi connectivity index (χ1) is 11.2. The van der Waals surface area contributed by atoms with Crippen LogP contribution < -0.4 is 9.47 Å². The van der Waals surface area contributed by atoms with E-state index in [1.807, 2.05) is 12.1 Å². The first-order valence-electron chi connectivity index (χ1n) is 8.01. The van der Waals surface area contributed by atoms with Crippen LogP contribution >= 0.6 is 0 Å². The Balaban J connectivity index is 1.74. The summed E-state index contributed by atoms with van der Waals surface area (Å²) in [5, 5.41) is 0. The summed E-state index contributed by atoms with van der Waals surface area (Å²) in [6.07, 6.45) is 0. The molecule has 0 atom stereocenters. The smallest absolute Gasteiger partial charge is 0.231 e. The normalized spacial score (nSPS) is 13.0. The predicted molar refractivity (Wildman–Crippen MR) is 91.7 cm³/mol. The molecule has 0 radical (unpaired) electrons. The summed E-state index contributed by atoms with van der Waals surface area (Å²) in [5.41, 5.74) is 2.52. The van der Waals surface area contributed by atoms with E-state index in [1.54, 1.807) is 0 Å². The van der Waals surface area contributed by atoms with Crippen LogP contribution in [-0.4, -0.2) is 43.8 Å². The number of hydrogen-bond acceptors (Lipinski definition) is 4. The maximum atomic E-state index is 5.65. The Bertz CT molecular complexity index is 629. The minimum absolute atomic E-state index is 0.322. The van der Waals surface area contributed by atoms with Crippen LogP contribution in [0.4, 0.5) is 0 Å². The maximum absolute atomic E-state index is 5.65. The molecule has 0 saturated carbocycles. The highest BCUT2D eigenvalue weighted by molar-refractivity contribution is 5.48. The van der Waals surface area contributed by atoms with E-state index >= 15 is 0 Å². The highest BCUT2D eigenvalue weighted by Crippen LogP contribution is 2.36. The second kappa shape index (κ2) is 7.49. The Morgan fingerprint density at radius 2 is 1.70 bits per heavy atom. The lowest BCUT2D eigenvalue weighted by molar-refractivity contribution is 0.171. The Morgan fingerprint density at radius 3 is 2.48 bits per heavy atom. The first-order valence-corrected chi connectivity index (χ1v) is 8.01. The van der Waals surface area contributed by atoms with Crippen molar-refractivity contribution in [2.45, 2.75) is 13.1 Å². The van der Waals surface area contributed by atoms with E-state index in [2.05, 4.69) is 60.3 Å². The predicted octanol–water partition coefficient (Wildman–Crippen LogP) is 2.98. The molecule has 0 aromatic heterocycles. The molecule has 4 heteroatoms. The van der Waals surface area contributed by atoms with Crippen LogP contribution in [0.5, 0.6) is 11.5 Å². The fourth-order valence-corrected chi connectivity index (χ4v) is 2.75. The van der Waals surface area contributed by atoms with Crippen molar-refractivity contribution >= 4 is 0 Å². The molecular formula is C19H24N2O2. The Labute approximate surface area is 138 Å². The van der Waals surface area contributed by atoms with Gasteiger partial charge in [-0.15, -0.1) is 0 Å². The number of ether oxygens (including phenoxy) is 2. The summed E-state index contributed by atoms with van der Waals surface area (Å²) in [6, 6.07) is 16.7. The Hall–Kier alpha value is -2.04. The number of nitrogens with zero attached hydrogens (tertiary/aromatic N) is 2. The lowest BCUT2D eigenvalue weighted by atomic mass is 10.1. The van der Waals surface area contributed by atoms with Crippen LogP contribution in [0, 0.1) is 0 Å². The van der Waals surface area contributed by atoms with Gasteiger partial charge in [0, 0.05) is 31.7 Å². The highest BCUT2D eigenvalue weighted by Gasteiger charge is 2.19. The van der Waals surface area contributed by atoms with Gasteiger partial charge in [0.1, 0.15) is 0 Å². The molecule has 3 rings (SSSR count). The molecule has 0 saturated heterocycles. The molecule has 0 N–H and O–H groups in total. The third kappa shape index (κ3) is 4.24. The fourth-order valence-electron chi connectivity index (χ4n) is 2.75. The van der Waals surface area contributed by atoms with Gasteiger partial charge in [-0.3, -0.25) is 4.90 Å². The van der Waals surface area contributed by atoms with Crippen molar-refractivity contribution in [1.29, 1.82) is 0 Å².